The number of hydrogen-bond acceptors (Lipinski definition) is 4. The highest BCUT2D eigenvalue weighted by Crippen LogP contribution is 2.17. The minimum absolute atomic E-state index is 0. The van der Waals surface area contributed by atoms with E-state index < -0.39 is 0 Å². The van der Waals surface area contributed by atoms with Gasteiger partial charge in [0.25, 0.3) is 0 Å². The molecule has 124 valence electrons. The summed E-state index contributed by atoms with van der Waals surface area (Å²) in [6, 6.07) is 7.63. The topological polar surface area (TPSA) is 55.6 Å². The Morgan fingerprint density at radius 1 is 1.36 bits per heavy atom. The fourth-order valence-electron chi connectivity index (χ4n) is 2.20. The molecule has 0 bridgehead atoms. The van der Waals surface area contributed by atoms with E-state index in [0.29, 0.717) is 6.54 Å². The zero-order valence-electron chi connectivity index (χ0n) is 13.0. The Hall–Kier alpha value is -0.910. The smallest absolute Gasteiger partial charge is 0.240 e. The SMILES string of the molecule is CCCCOc1ccc(CN2CCSCC(N)C2=O)cc1.Cl. The first-order valence-electron chi connectivity index (χ1n) is 7.54. The number of thioether (sulfide) groups is 1. The Bertz CT molecular complexity index is 456. The molecule has 1 aliphatic heterocycles. The summed E-state index contributed by atoms with van der Waals surface area (Å²) in [6.45, 7) is 4.30. The van der Waals surface area contributed by atoms with E-state index in [1.807, 2.05) is 29.2 Å². The lowest BCUT2D eigenvalue weighted by molar-refractivity contribution is -0.132. The second-order valence-corrected chi connectivity index (χ2v) is 6.44. The third-order valence-electron chi connectivity index (χ3n) is 3.50. The van der Waals surface area contributed by atoms with Crippen molar-refractivity contribution >= 4 is 30.1 Å². The van der Waals surface area contributed by atoms with Crippen molar-refractivity contribution in [2.24, 2.45) is 5.73 Å². The molecule has 1 aromatic rings. The van der Waals surface area contributed by atoms with Gasteiger partial charge in [0.05, 0.1) is 12.6 Å². The van der Waals surface area contributed by atoms with E-state index in [4.69, 9.17) is 10.5 Å². The average Bonchev–Trinajstić information content (AvgIpc) is 2.65. The molecular weight excluding hydrogens is 320 g/mol. The fraction of sp³-hybridized carbons (Fsp3) is 0.562. The molecule has 22 heavy (non-hydrogen) atoms. The number of nitrogens with two attached hydrogens (primary N) is 1. The van der Waals surface area contributed by atoms with Crippen LogP contribution in [0, 0.1) is 0 Å². The molecule has 0 aromatic heterocycles. The van der Waals surface area contributed by atoms with Gasteiger partial charge in [-0.25, -0.2) is 0 Å². The number of hydrogen-bond donors (Lipinski definition) is 1. The summed E-state index contributed by atoms with van der Waals surface area (Å²) < 4.78 is 5.65. The van der Waals surface area contributed by atoms with Crippen LogP contribution in [-0.4, -0.2) is 41.5 Å². The Labute approximate surface area is 143 Å². The first kappa shape index (κ1) is 19.1. The number of rotatable bonds is 6. The van der Waals surface area contributed by atoms with Crippen molar-refractivity contribution in [3.8, 4) is 5.75 Å². The fourth-order valence-corrected chi connectivity index (χ4v) is 3.12. The van der Waals surface area contributed by atoms with Crippen molar-refractivity contribution in [1.82, 2.24) is 4.90 Å². The van der Waals surface area contributed by atoms with Crippen LogP contribution in [-0.2, 0) is 11.3 Å². The molecule has 0 spiro atoms. The van der Waals surface area contributed by atoms with Crippen LogP contribution in [0.25, 0.3) is 0 Å². The summed E-state index contributed by atoms with van der Waals surface area (Å²) in [7, 11) is 0. The second kappa shape index (κ2) is 9.98. The van der Waals surface area contributed by atoms with E-state index >= 15 is 0 Å². The molecule has 0 radical (unpaired) electrons. The van der Waals surface area contributed by atoms with Crippen molar-refractivity contribution in [2.45, 2.75) is 32.4 Å². The summed E-state index contributed by atoms with van der Waals surface area (Å²) in [5.41, 5.74) is 7.00. The van der Waals surface area contributed by atoms with Crippen LogP contribution in [0.4, 0.5) is 0 Å². The van der Waals surface area contributed by atoms with Gasteiger partial charge in [0.15, 0.2) is 0 Å². The van der Waals surface area contributed by atoms with Gasteiger partial charge >= 0.3 is 0 Å². The molecule has 0 aliphatic carbocycles. The van der Waals surface area contributed by atoms with Gasteiger partial charge in [-0.05, 0) is 24.1 Å². The van der Waals surface area contributed by atoms with Crippen LogP contribution in [0.15, 0.2) is 24.3 Å². The van der Waals surface area contributed by atoms with Gasteiger partial charge in [-0.2, -0.15) is 11.8 Å². The summed E-state index contributed by atoms with van der Waals surface area (Å²) >= 11 is 1.75. The van der Waals surface area contributed by atoms with Crippen molar-refractivity contribution in [2.75, 3.05) is 24.7 Å². The van der Waals surface area contributed by atoms with Gasteiger partial charge in [0.2, 0.25) is 5.91 Å². The van der Waals surface area contributed by atoms with Crippen LogP contribution in [0.3, 0.4) is 0 Å². The molecule has 1 saturated heterocycles. The summed E-state index contributed by atoms with van der Waals surface area (Å²) in [6.07, 6.45) is 2.20. The van der Waals surface area contributed by atoms with Crippen LogP contribution < -0.4 is 10.5 Å². The van der Waals surface area contributed by atoms with Crippen molar-refractivity contribution in [3.05, 3.63) is 29.8 Å². The van der Waals surface area contributed by atoms with E-state index in [1.54, 1.807) is 11.8 Å². The number of benzene rings is 1. The predicted molar refractivity (Wildman–Crippen MR) is 94.8 cm³/mol. The quantitative estimate of drug-likeness (QED) is 0.806. The van der Waals surface area contributed by atoms with Gasteiger partial charge in [0, 0.05) is 24.6 Å². The maximum Gasteiger partial charge on any atom is 0.240 e. The minimum Gasteiger partial charge on any atom is -0.494 e. The Balaban J connectivity index is 0.00000242. The molecule has 0 saturated carbocycles. The van der Waals surface area contributed by atoms with E-state index in [2.05, 4.69) is 6.92 Å². The van der Waals surface area contributed by atoms with Crippen LogP contribution >= 0.6 is 24.2 Å². The zero-order valence-corrected chi connectivity index (χ0v) is 14.6. The third-order valence-corrected chi connectivity index (χ3v) is 4.56. The Morgan fingerprint density at radius 2 is 2.09 bits per heavy atom. The monoisotopic (exact) mass is 344 g/mol. The van der Waals surface area contributed by atoms with Crippen LogP contribution in [0.1, 0.15) is 25.3 Å². The van der Waals surface area contributed by atoms with Gasteiger partial charge in [0.1, 0.15) is 5.75 Å². The number of ether oxygens (including phenoxy) is 1. The van der Waals surface area contributed by atoms with Crippen LogP contribution in [0.5, 0.6) is 5.75 Å². The number of nitrogens with zero attached hydrogens (tertiary/aromatic N) is 1. The van der Waals surface area contributed by atoms with Crippen molar-refractivity contribution in [3.63, 3.8) is 0 Å². The number of carbonyl (C=O) groups is 1. The highest BCUT2D eigenvalue weighted by molar-refractivity contribution is 7.99. The normalized spacial score (nSPS) is 18.5. The van der Waals surface area contributed by atoms with Gasteiger partial charge < -0.3 is 15.4 Å². The third kappa shape index (κ3) is 5.71. The molecule has 1 heterocycles. The minimum atomic E-state index is -0.367. The average molecular weight is 345 g/mol. The molecule has 4 nitrogen and oxygen atoms in total. The number of halogens is 1. The molecule has 1 atom stereocenters. The molecular formula is C16H25ClN2O2S. The Kier molecular flexibility index (Phi) is 8.68. The van der Waals surface area contributed by atoms with E-state index in [9.17, 15) is 4.79 Å². The maximum atomic E-state index is 12.2. The molecule has 1 unspecified atom stereocenters. The number of amides is 1. The lowest BCUT2D eigenvalue weighted by atomic mass is 10.2. The van der Waals surface area contributed by atoms with Crippen molar-refractivity contribution in [1.29, 1.82) is 0 Å². The molecule has 1 aliphatic rings. The van der Waals surface area contributed by atoms with E-state index in [1.165, 1.54) is 0 Å². The summed E-state index contributed by atoms with van der Waals surface area (Å²) in [5, 5.41) is 0. The highest BCUT2D eigenvalue weighted by Gasteiger charge is 2.23. The standard InChI is InChI=1S/C16H24N2O2S.ClH/c1-2-3-9-20-14-6-4-13(5-7-14)11-18-8-10-21-12-15(17)16(18)19;/h4-7,15H,2-3,8-12,17H2,1H3;1H. The maximum absolute atomic E-state index is 12.2. The van der Waals surface area contributed by atoms with Crippen LogP contribution in [0.2, 0.25) is 0 Å². The molecule has 2 N–H and O–H groups in total. The lowest BCUT2D eigenvalue weighted by Crippen LogP contribution is -2.43. The van der Waals surface area contributed by atoms with Crippen molar-refractivity contribution < 1.29 is 9.53 Å². The molecule has 2 rings (SSSR count). The summed E-state index contributed by atoms with van der Waals surface area (Å²) in [5.74, 6) is 2.63. The Morgan fingerprint density at radius 3 is 2.77 bits per heavy atom. The zero-order chi connectivity index (χ0) is 15.1. The molecule has 1 fully saturated rings. The second-order valence-electron chi connectivity index (χ2n) is 5.29. The first-order chi connectivity index (χ1) is 10.2. The lowest BCUT2D eigenvalue weighted by Gasteiger charge is -2.22. The van der Waals surface area contributed by atoms with Gasteiger partial charge in [-0.15, -0.1) is 12.4 Å². The van der Waals surface area contributed by atoms with Gasteiger partial charge in [-0.3, -0.25) is 4.79 Å². The predicted octanol–water partition coefficient (Wildman–Crippen LogP) is 2.69. The van der Waals surface area contributed by atoms with E-state index in [-0.39, 0.29) is 24.4 Å². The largest absolute Gasteiger partial charge is 0.494 e. The van der Waals surface area contributed by atoms with E-state index in [0.717, 1.165) is 48.8 Å². The molecule has 6 heteroatoms. The summed E-state index contributed by atoms with van der Waals surface area (Å²) in [4.78, 5) is 14.0. The molecule has 1 aromatic carbocycles. The highest BCUT2D eigenvalue weighted by atomic mass is 35.5. The number of carbonyl (C=O) groups excluding carboxylic acids is 1. The molecule has 1 amide bonds. The van der Waals surface area contributed by atoms with Gasteiger partial charge in [-0.1, -0.05) is 25.5 Å². The number of unbranched alkanes of at least 4 members (excludes halogenated alkanes) is 1. The first-order valence-corrected chi connectivity index (χ1v) is 8.70.